The molecule has 1 fully saturated rings. The van der Waals surface area contributed by atoms with Gasteiger partial charge in [-0.25, -0.2) is 4.39 Å². The van der Waals surface area contributed by atoms with Crippen LogP contribution in [0.3, 0.4) is 0 Å². The molecule has 22 heavy (non-hydrogen) atoms. The highest BCUT2D eigenvalue weighted by atomic mass is 19.4. The topological polar surface area (TPSA) is 49.3 Å². The van der Waals surface area contributed by atoms with Gasteiger partial charge in [-0.1, -0.05) is 25.0 Å². The molecule has 1 aromatic carbocycles. The Bertz CT molecular complexity index is 511. The van der Waals surface area contributed by atoms with Crippen molar-refractivity contribution in [2.24, 2.45) is 5.92 Å². The fourth-order valence-electron chi connectivity index (χ4n) is 2.32. The lowest BCUT2D eigenvalue weighted by molar-refractivity contribution is -0.163. The molecule has 2 N–H and O–H groups in total. The summed E-state index contributed by atoms with van der Waals surface area (Å²) in [5, 5.41) is 11.3. The molecule has 7 heteroatoms. The van der Waals surface area contributed by atoms with Crippen LogP contribution in [0.15, 0.2) is 24.3 Å². The highest BCUT2D eigenvalue weighted by Crippen LogP contribution is 2.36. The average molecular weight is 319 g/mol. The third-order valence-corrected chi connectivity index (χ3v) is 3.76. The van der Waals surface area contributed by atoms with Gasteiger partial charge in [-0.2, -0.15) is 13.2 Å². The molecule has 0 aromatic heterocycles. The lowest BCUT2D eigenvalue weighted by Crippen LogP contribution is -2.44. The molecule has 0 radical (unpaired) electrons. The van der Waals surface area contributed by atoms with Crippen LogP contribution >= 0.6 is 0 Å². The van der Waals surface area contributed by atoms with E-state index in [0.717, 1.165) is 37.1 Å². The molecule has 0 spiro atoms. The molecule has 1 aliphatic carbocycles. The van der Waals surface area contributed by atoms with Crippen molar-refractivity contribution in [1.29, 1.82) is 0 Å². The third-order valence-electron chi connectivity index (χ3n) is 3.76. The van der Waals surface area contributed by atoms with Crippen LogP contribution in [0.4, 0.5) is 17.6 Å². The third kappa shape index (κ3) is 4.69. The second-order valence-corrected chi connectivity index (χ2v) is 5.60. The minimum atomic E-state index is -4.66. The van der Waals surface area contributed by atoms with Crippen LogP contribution in [0.1, 0.15) is 37.3 Å². The van der Waals surface area contributed by atoms with Crippen LogP contribution in [0.2, 0.25) is 0 Å². The minimum absolute atomic E-state index is 0.147. The number of alkyl halides is 3. The summed E-state index contributed by atoms with van der Waals surface area (Å²) in [5.41, 5.74) is -0.202. The van der Waals surface area contributed by atoms with Crippen molar-refractivity contribution in [3.05, 3.63) is 35.6 Å². The largest absolute Gasteiger partial charge is 0.480 e. The van der Waals surface area contributed by atoms with Gasteiger partial charge in [0, 0.05) is 0 Å². The lowest BCUT2D eigenvalue weighted by Gasteiger charge is -2.26. The zero-order valence-corrected chi connectivity index (χ0v) is 11.7. The fourth-order valence-corrected chi connectivity index (χ4v) is 2.32. The van der Waals surface area contributed by atoms with Crippen molar-refractivity contribution in [3.63, 3.8) is 0 Å². The maximum atomic E-state index is 13.2. The first-order valence-corrected chi connectivity index (χ1v) is 7.08. The number of benzene rings is 1. The molecule has 2 rings (SSSR count). The molecule has 0 amide bonds. The molecular weight excluding hydrogens is 302 g/mol. The molecule has 0 heterocycles. The number of carboxylic acid groups (broad SMARTS) is 1. The standard InChI is InChI=1S/C15H17F4NO2/c16-11-6-4-10(5-7-11)13(15(17,18)19)20-12(14(21)22)8-3-9-1-2-9/h4-7,9,12-13,20H,1-3,8H2,(H,21,22)/t12-,13?/m1/s1. The average Bonchev–Trinajstić information content (AvgIpc) is 3.22. The number of aliphatic carboxylic acids is 1. The minimum Gasteiger partial charge on any atom is -0.480 e. The lowest BCUT2D eigenvalue weighted by atomic mass is 10.0. The van der Waals surface area contributed by atoms with Gasteiger partial charge < -0.3 is 5.11 Å². The summed E-state index contributed by atoms with van der Waals surface area (Å²) in [4.78, 5) is 11.2. The molecule has 1 saturated carbocycles. The van der Waals surface area contributed by atoms with Gasteiger partial charge in [0.2, 0.25) is 0 Å². The van der Waals surface area contributed by atoms with Crippen LogP contribution in [0.5, 0.6) is 0 Å². The predicted octanol–water partition coefficient (Wildman–Crippen LogP) is 3.66. The fraction of sp³-hybridized carbons (Fsp3) is 0.533. The van der Waals surface area contributed by atoms with Gasteiger partial charge >= 0.3 is 12.1 Å². The second kappa shape index (κ2) is 6.64. The van der Waals surface area contributed by atoms with E-state index in [1.54, 1.807) is 0 Å². The molecule has 1 unspecified atom stereocenters. The Morgan fingerprint density at radius 2 is 1.86 bits per heavy atom. The first-order chi connectivity index (χ1) is 10.3. The molecular formula is C15H17F4NO2. The first kappa shape index (κ1) is 16.7. The Balaban J connectivity index is 2.12. The van der Waals surface area contributed by atoms with Crippen LogP contribution in [0, 0.1) is 11.7 Å². The van der Waals surface area contributed by atoms with Crippen molar-refractivity contribution in [2.45, 2.75) is 43.9 Å². The molecule has 122 valence electrons. The molecule has 1 aliphatic rings. The van der Waals surface area contributed by atoms with Gasteiger partial charge in [-0.05, 0) is 36.5 Å². The summed E-state index contributed by atoms with van der Waals surface area (Å²) in [5.74, 6) is -1.52. The number of rotatable bonds is 7. The summed E-state index contributed by atoms with van der Waals surface area (Å²) >= 11 is 0. The number of carboxylic acids is 1. The number of nitrogens with one attached hydrogen (secondary N) is 1. The van der Waals surface area contributed by atoms with Gasteiger partial charge in [-0.3, -0.25) is 10.1 Å². The summed E-state index contributed by atoms with van der Waals surface area (Å²) in [6.45, 7) is 0. The number of hydrogen-bond donors (Lipinski definition) is 2. The van der Waals surface area contributed by atoms with E-state index in [0.29, 0.717) is 12.3 Å². The maximum Gasteiger partial charge on any atom is 0.407 e. The summed E-state index contributed by atoms with van der Waals surface area (Å²) in [6.07, 6.45) is -1.91. The van der Waals surface area contributed by atoms with E-state index in [9.17, 15) is 22.4 Å². The van der Waals surface area contributed by atoms with Crippen molar-refractivity contribution in [2.75, 3.05) is 0 Å². The Kier molecular flexibility index (Phi) is 5.05. The number of carbonyl (C=O) groups is 1. The van der Waals surface area contributed by atoms with Gasteiger partial charge in [0.15, 0.2) is 0 Å². The van der Waals surface area contributed by atoms with Crippen LogP contribution < -0.4 is 5.32 Å². The monoisotopic (exact) mass is 319 g/mol. The van der Waals surface area contributed by atoms with Crippen LogP contribution in [-0.2, 0) is 4.79 Å². The van der Waals surface area contributed by atoms with E-state index >= 15 is 0 Å². The zero-order chi connectivity index (χ0) is 16.3. The van der Waals surface area contributed by atoms with Crippen LogP contribution in [0.25, 0.3) is 0 Å². The molecule has 2 atom stereocenters. The predicted molar refractivity (Wildman–Crippen MR) is 71.7 cm³/mol. The molecule has 1 aromatic rings. The van der Waals surface area contributed by atoms with E-state index in [2.05, 4.69) is 5.32 Å². The normalized spacial score (nSPS) is 18.0. The smallest absolute Gasteiger partial charge is 0.407 e. The van der Waals surface area contributed by atoms with E-state index in [-0.39, 0.29) is 12.0 Å². The molecule has 0 bridgehead atoms. The van der Waals surface area contributed by atoms with Crippen molar-refractivity contribution < 1.29 is 27.5 Å². The van der Waals surface area contributed by atoms with Gasteiger partial charge in [0.25, 0.3) is 0 Å². The first-order valence-electron chi connectivity index (χ1n) is 7.08. The Morgan fingerprint density at radius 1 is 1.27 bits per heavy atom. The van der Waals surface area contributed by atoms with Crippen molar-refractivity contribution >= 4 is 5.97 Å². The highest BCUT2D eigenvalue weighted by Gasteiger charge is 2.43. The molecule has 3 nitrogen and oxygen atoms in total. The SMILES string of the molecule is O=C(O)[C@@H](CCC1CC1)NC(c1ccc(F)cc1)C(F)(F)F. The molecule has 0 saturated heterocycles. The van der Waals surface area contributed by atoms with E-state index in [4.69, 9.17) is 5.11 Å². The Morgan fingerprint density at radius 3 is 2.32 bits per heavy atom. The molecule has 0 aliphatic heterocycles. The van der Waals surface area contributed by atoms with Gasteiger partial charge in [0.05, 0.1) is 0 Å². The van der Waals surface area contributed by atoms with Crippen LogP contribution in [-0.4, -0.2) is 23.3 Å². The van der Waals surface area contributed by atoms with Gasteiger partial charge in [-0.15, -0.1) is 0 Å². The van der Waals surface area contributed by atoms with E-state index < -0.39 is 30.0 Å². The second-order valence-electron chi connectivity index (χ2n) is 5.60. The van der Waals surface area contributed by atoms with Crippen molar-refractivity contribution in [1.82, 2.24) is 5.32 Å². The quantitative estimate of drug-likeness (QED) is 0.754. The Labute approximate surface area is 125 Å². The zero-order valence-electron chi connectivity index (χ0n) is 11.7. The number of halogens is 4. The van der Waals surface area contributed by atoms with Gasteiger partial charge in [0.1, 0.15) is 17.9 Å². The maximum absolute atomic E-state index is 13.2. The van der Waals surface area contributed by atoms with E-state index in [1.807, 2.05) is 0 Å². The summed E-state index contributed by atoms with van der Waals surface area (Å²) < 4.78 is 52.4. The Hall–Kier alpha value is -1.63. The van der Waals surface area contributed by atoms with Crippen molar-refractivity contribution in [3.8, 4) is 0 Å². The summed E-state index contributed by atoms with van der Waals surface area (Å²) in [6, 6.07) is 0.470. The summed E-state index contributed by atoms with van der Waals surface area (Å²) in [7, 11) is 0. The highest BCUT2D eigenvalue weighted by molar-refractivity contribution is 5.73. The van der Waals surface area contributed by atoms with E-state index in [1.165, 1.54) is 0 Å². The number of hydrogen-bond acceptors (Lipinski definition) is 2.